The predicted octanol–water partition coefficient (Wildman–Crippen LogP) is 4.37. The van der Waals surface area contributed by atoms with Gasteiger partial charge < -0.3 is 19.1 Å². The zero-order chi connectivity index (χ0) is 24.5. The van der Waals surface area contributed by atoms with E-state index >= 15 is 0 Å². The van der Waals surface area contributed by atoms with Crippen molar-refractivity contribution in [2.45, 2.75) is 39.9 Å². The highest BCUT2D eigenvalue weighted by Gasteiger charge is 2.25. The smallest absolute Gasteiger partial charge is 0.254 e. The summed E-state index contributed by atoms with van der Waals surface area (Å²) in [5, 5.41) is 0. The monoisotopic (exact) mass is 461 g/mol. The van der Waals surface area contributed by atoms with Crippen LogP contribution in [0.4, 0.5) is 0 Å². The fourth-order valence-corrected chi connectivity index (χ4v) is 3.92. The number of nitrogens with zero attached hydrogens (tertiary/aromatic N) is 3. The van der Waals surface area contributed by atoms with E-state index in [2.05, 4.69) is 16.7 Å². The van der Waals surface area contributed by atoms with Crippen molar-refractivity contribution < 1.29 is 14.3 Å². The molecule has 0 spiro atoms. The molecule has 3 rings (SSSR count). The maximum atomic E-state index is 13.4. The van der Waals surface area contributed by atoms with Crippen LogP contribution in [0.3, 0.4) is 0 Å². The average Bonchev–Trinajstić information content (AvgIpc) is 3.26. The van der Waals surface area contributed by atoms with Crippen LogP contribution in [-0.4, -0.2) is 59.0 Å². The Morgan fingerprint density at radius 2 is 1.68 bits per heavy atom. The third kappa shape index (κ3) is 6.58. The molecular formula is C28H35N3O3. The number of carbonyl (C=O) groups is 2. The molecule has 0 bridgehead atoms. The lowest BCUT2D eigenvalue weighted by molar-refractivity contribution is -0.133. The highest BCUT2D eigenvalue weighted by atomic mass is 16.5. The van der Waals surface area contributed by atoms with Gasteiger partial charge in [0.2, 0.25) is 5.91 Å². The highest BCUT2D eigenvalue weighted by Crippen LogP contribution is 2.15. The second-order valence-electron chi connectivity index (χ2n) is 8.76. The fourth-order valence-electron chi connectivity index (χ4n) is 3.92. The maximum Gasteiger partial charge on any atom is 0.254 e. The van der Waals surface area contributed by atoms with Gasteiger partial charge in [-0.2, -0.15) is 0 Å². The lowest BCUT2D eigenvalue weighted by Crippen LogP contribution is -2.46. The molecule has 2 amide bonds. The molecule has 0 aliphatic carbocycles. The molecule has 6 nitrogen and oxygen atoms in total. The van der Waals surface area contributed by atoms with Crippen LogP contribution in [0.2, 0.25) is 0 Å². The predicted molar refractivity (Wildman–Crippen MR) is 135 cm³/mol. The van der Waals surface area contributed by atoms with Crippen LogP contribution in [0, 0.1) is 6.92 Å². The number of hydrogen-bond acceptors (Lipinski definition) is 3. The van der Waals surface area contributed by atoms with Gasteiger partial charge in [0.25, 0.3) is 5.91 Å². The van der Waals surface area contributed by atoms with Crippen molar-refractivity contribution >= 4 is 11.8 Å². The van der Waals surface area contributed by atoms with Crippen LogP contribution in [0.15, 0.2) is 72.9 Å². The second-order valence-corrected chi connectivity index (χ2v) is 8.76. The standard InChI is InChI=1S/C28H35N3O3/c1-22(2)31(28(33)26-15-9-8-11-23(26)3)21-27(32)30(17-18-34-4)20-25-14-10-16-29(25)19-24-12-6-5-7-13-24/h5-16,22H,17-21H2,1-4H3. The SMILES string of the molecule is COCCN(Cc1cccn1Cc1ccccc1)C(=O)CN(C(=O)c1ccccc1C)C(C)C. The van der Waals surface area contributed by atoms with E-state index in [1.807, 2.05) is 81.6 Å². The summed E-state index contributed by atoms with van der Waals surface area (Å²) in [6.07, 6.45) is 2.03. The Kier molecular flexibility index (Phi) is 9.05. The normalized spacial score (nSPS) is 11.0. The molecule has 0 aliphatic heterocycles. The summed E-state index contributed by atoms with van der Waals surface area (Å²) in [7, 11) is 1.63. The molecule has 0 N–H and O–H groups in total. The minimum absolute atomic E-state index is 0.0218. The largest absolute Gasteiger partial charge is 0.383 e. The van der Waals surface area contributed by atoms with Crippen LogP contribution < -0.4 is 0 Å². The first-order chi connectivity index (χ1) is 16.4. The molecule has 180 valence electrons. The van der Waals surface area contributed by atoms with E-state index in [1.54, 1.807) is 16.9 Å². The summed E-state index contributed by atoms with van der Waals surface area (Å²) in [5.41, 5.74) is 3.77. The molecule has 0 saturated heterocycles. The van der Waals surface area contributed by atoms with E-state index in [-0.39, 0.29) is 24.4 Å². The second kappa shape index (κ2) is 12.2. The minimum atomic E-state index is -0.124. The van der Waals surface area contributed by atoms with Crippen LogP contribution in [-0.2, 0) is 22.6 Å². The van der Waals surface area contributed by atoms with Gasteiger partial charge >= 0.3 is 0 Å². The number of methoxy groups -OCH3 is 1. The summed E-state index contributed by atoms with van der Waals surface area (Å²) < 4.78 is 7.43. The summed E-state index contributed by atoms with van der Waals surface area (Å²) in [6, 6.07) is 21.7. The average molecular weight is 462 g/mol. The summed E-state index contributed by atoms with van der Waals surface area (Å²) in [4.78, 5) is 30.2. The zero-order valence-corrected chi connectivity index (χ0v) is 20.6. The number of aromatic nitrogens is 1. The van der Waals surface area contributed by atoms with Gasteiger partial charge in [-0.15, -0.1) is 0 Å². The van der Waals surface area contributed by atoms with Crippen LogP contribution >= 0.6 is 0 Å². The third-order valence-corrected chi connectivity index (χ3v) is 5.96. The number of hydrogen-bond donors (Lipinski definition) is 0. The van der Waals surface area contributed by atoms with Gasteiger partial charge in [0.05, 0.1) is 13.2 Å². The van der Waals surface area contributed by atoms with Crippen molar-refractivity contribution in [1.82, 2.24) is 14.4 Å². The van der Waals surface area contributed by atoms with Crippen LogP contribution in [0.5, 0.6) is 0 Å². The van der Waals surface area contributed by atoms with E-state index in [0.717, 1.165) is 17.8 Å². The topological polar surface area (TPSA) is 54.8 Å². The number of amides is 2. The molecule has 0 saturated carbocycles. The number of carbonyl (C=O) groups excluding carboxylic acids is 2. The van der Waals surface area contributed by atoms with Crippen LogP contribution in [0.1, 0.15) is 41.0 Å². The Morgan fingerprint density at radius 3 is 2.35 bits per heavy atom. The maximum absolute atomic E-state index is 13.4. The Balaban J connectivity index is 1.77. The molecule has 1 aromatic heterocycles. The lowest BCUT2D eigenvalue weighted by Gasteiger charge is -2.30. The number of ether oxygens (including phenoxy) is 1. The molecule has 0 radical (unpaired) electrons. The van der Waals surface area contributed by atoms with Gasteiger partial charge in [0.15, 0.2) is 0 Å². The molecule has 2 aromatic carbocycles. The molecule has 0 unspecified atom stereocenters. The summed E-state index contributed by atoms with van der Waals surface area (Å²) in [5.74, 6) is -0.222. The van der Waals surface area contributed by atoms with Gasteiger partial charge in [-0.25, -0.2) is 0 Å². The minimum Gasteiger partial charge on any atom is -0.383 e. The first-order valence-corrected chi connectivity index (χ1v) is 11.7. The van der Waals surface area contributed by atoms with E-state index in [4.69, 9.17) is 4.74 Å². The number of rotatable bonds is 11. The Hall–Kier alpha value is -3.38. The fraction of sp³-hybridized carbons (Fsp3) is 0.357. The summed E-state index contributed by atoms with van der Waals surface area (Å²) in [6.45, 7) is 7.88. The summed E-state index contributed by atoms with van der Waals surface area (Å²) >= 11 is 0. The molecule has 0 aliphatic rings. The molecule has 6 heteroatoms. The van der Waals surface area contributed by atoms with Crippen molar-refractivity contribution in [1.29, 1.82) is 0 Å². The van der Waals surface area contributed by atoms with Gasteiger partial charge in [-0.05, 0) is 50.1 Å². The molecular weight excluding hydrogens is 426 g/mol. The quantitative estimate of drug-likeness (QED) is 0.426. The number of benzene rings is 2. The van der Waals surface area contributed by atoms with Gasteiger partial charge in [0.1, 0.15) is 6.54 Å². The molecule has 0 fully saturated rings. The molecule has 34 heavy (non-hydrogen) atoms. The van der Waals surface area contributed by atoms with Crippen molar-refractivity contribution in [2.24, 2.45) is 0 Å². The molecule has 0 atom stereocenters. The van der Waals surface area contributed by atoms with E-state index in [1.165, 1.54) is 5.56 Å². The van der Waals surface area contributed by atoms with Crippen molar-refractivity contribution in [3.63, 3.8) is 0 Å². The molecule has 3 aromatic rings. The third-order valence-electron chi connectivity index (χ3n) is 5.96. The first kappa shape index (κ1) is 25.2. The highest BCUT2D eigenvalue weighted by molar-refractivity contribution is 5.97. The van der Waals surface area contributed by atoms with E-state index in [9.17, 15) is 9.59 Å². The van der Waals surface area contributed by atoms with Crippen molar-refractivity contribution in [2.75, 3.05) is 26.8 Å². The zero-order valence-electron chi connectivity index (χ0n) is 20.6. The number of aryl methyl sites for hydroxylation is 1. The van der Waals surface area contributed by atoms with E-state index in [0.29, 0.717) is 25.3 Å². The Labute approximate surface area is 202 Å². The van der Waals surface area contributed by atoms with E-state index < -0.39 is 0 Å². The van der Waals surface area contributed by atoms with Gasteiger partial charge in [-0.3, -0.25) is 9.59 Å². The molecule has 1 heterocycles. The van der Waals surface area contributed by atoms with Crippen molar-refractivity contribution in [3.05, 3.63) is 95.3 Å². The van der Waals surface area contributed by atoms with Crippen LogP contribution in [0.25, 0.3) is 0 Å². The lowest BCUT2D eigenvalue weighted by atomic mass is 10.1. The van der Waals surface area contributed by atoms with Gasteiger partial charge in [-0.1, -0.05) is 48.5 Å². The van der Waals surface area contributed by atoms with Gasteiger partial charge in [0, 0.05) is 43.7 Å². The Morgan fingerprint density at radius 1 is 0.971 bits per heavy atom. The Bertz CT molecular complexity index is 1080. The first-order valence-electron chi connectivity index (χ1n) is 11.7. The van der Waals surface area contributed by atoms with Crippen molar-refractivity contribution in [3.8, 4) is 0 Å².